The molecule has 0 nitrogen and oxygen atoms in total. The highest BCUT2D eigenvalue weighted by atomic mass is 32.1. The Bertz CT molecular complexity index is 601. The summed E-state index contributed by atoms with van der Waals surface area (Å²) in [5.41, 5.74) is 2.45. The Morgan fingerprint density at radius 3 is 2.79 bits per heavy atom. The molecule has 0 unspecified atom stereocenters. The average molecular weight is 196 g/mol. The first kappa shape index (κ1) is 7.89. The molecular weight excluding hydrogens is 188 g/mol. The molecule has 1 heteroatoms. The Morgan fingerprint density at radius 1 is 1.00 bits per heavy atom. The maximum absolute atomic E-state index is 5.33. The van der Waals surface area contributed by atoms with Gasteiger partial charge in [0.25, 0.3) is 0 Å². The van der Waals surface area contributed by atoms with Crippen molar-refractivity contribution in [3.8, 4) is 0 Å². The summed E-state index contributed by atoms with van der Waals surface area (Å²) in [5, 5.41) is 2.54. The Hall–Kier alpha value is -1.47. The van der Waals surface area contributed by atoms with Crippen LogP contribution in [0.1, 0.15) is 5.56 Å². The summed E-state index contributed by atoms with van der Waals surface area (Å²) in [7, 11) is 0. The molecule has 3 rings (SSSR count). The van der Waals surface area contributed by atoms with Crippen molar-refractivity contribution < 1.29 is 0 Å². The van der Waals surface area contributed by atoms with Gasteiger partial charge in [-0.05, 0) is 22.1 Å². The topological polar surface area (TPSA) is 0 Å². The third-order valence-corrected chi connectivity index (χ3v) is 2.94. The van der Waals surface area contributed by atoms with Crippen molar-refractivity contribution in [3.05, 3.63) is 52.4 Å². The lowest BCUT2D eigenvalue weighted by atomic mass is 10.1. The second kappa shape index (κ2) is 2.76. The van der Waals surface area contributed by atoms with Gasteiger partial charge in [0.15, 0.2) is 0 Å². The quantitative estimate of drug-likeness (QED) is 0.568. The van der Waals surface area contributed by atoms with E-state index in [2.05, 4.69) is 42.5 Å². The smallest absolute Gasteiger partial charge is 0.0462 e. The zero-order valence-corrected chi connectivity index (χ0v) is 8.34. The largest absolute Gasteiger partial charge is 0.0794 e. The molecule has 66 valence electrons. The molecule has 0 bridgehead atoms. The van der Waals surface area contributed by atoms with E-state index in [0.717, 1.165) is 4.86 Å². The van der Waals surface area contributed by atoms with Crippen molar-refractivity contribution >= 4 is 34.8 Å². The van der Waals surface area contributed by atoms with E-state index < -0.39 is 0 Å². The molecule has 0 amide bonds. The molecule has 0 aliphatic heterocycles. The summed E-state index contributed by atoms with van der Waals surface area (Å²) in [6.07, 6.45) is 10.4. The lowest BCUT2D eigenvalue weighted by Gasteiger charge is -1.95. The van der Waals surface area contributed by atoms with Crippen LogP contribution in [0.4, 0.5) is 0 Å². The molecule has 14 heavy (non-hydrogen) atoms. The number of hydrogen-bond acceptors (Lipinski definition) is 1. The molecular formula is C13H8S. The Morgan fingerprint density at radius 2 is 1.86 bits per heavy atom. The minimum atomic E-state index is 0.951. The van der Waals surface area contributed by atoms with E-state index in [-0.39, 0.29) is 0 Å². The summed E-state index contributed by atoms with van der Waals surface area (Å²) in [5.74, 6) is 0. The minimum absolute atomic E-state index is 0.951. The molecule has 0 spiro atoms. The van der Waals surface area contributed by atoms with Crippen molar-refractivity contribution in [2.24, 2.45) is 0 Å². The SMILES string of the molecule is S=C1C=c2cccc3c2=C1C=CC=C3. The highest BCUT2D eigenvalue weighted by Crippen LogP contribution is 2.10. The van der Waals surface area contributed by atoms with E-state index in [4.69, 9.17) is 12.2 Å². The van der Waals surface area contributed by atoms with Crippen LogP contribution in [0.15, 0.2) is 36.4 Å². The van der Waals surface area contributed by atoms with Crippen LogP contribution in [0.2, 0.25) is 0 Å². The van der Waals surface area contributed by atoms with Crippen LogP contribution in [0.3, 0.4) is 0 Å². The highest BCUT2D eigenvalue weighted by Gasteiger charge is 2.10. The molecule has 1 aromatic rings. The fourth-order valence-corrected chi connectivity index (χ4v) is 2.27. The molecule has 0 N–H and O–H groups in total. The second-order valence-corrected chi connectivity index (χ2v) is 3.89. The average Bonchev–Trinajstić information content (AvgIpc) is 2.39. The Balaban J connectivity index is 2.61. The standard InChI is InChI=1S/C13H8S/c14-12-8-10-6-3-5-9-4-1-2-7-11(12)13(9)10/h1-8H. The van der Waals surface area contributed by atoms with Gasteiger partial charge in [-0.15, -0.1) is 0 Å². The van der Waals surface area contributed by atoms with Crippen molar-refractivity contribution in [2.75, 3.05) is 0 Å². The van der Waals surface area contributed by atoms with E-state index in [1.54, 1.807) is 0 Å². The fraction of sp³-hybridized carbons (Fsp3) is 0. The summed E-state index contributed by atoms with van der Waals surface area (Å²) >= 11 is 5.33. The van der Waals surface area contributed by atoms with Crippen LogP contribution in [0, 0.1) is 0 Å². The van der Waals surface area contributed by atoms with Crippen LogP contribution < -0.4 is 10.4 Å². The zero-order valence-electron chi connectivity index (χ0n) is 7.53. The molecule has 0 saturated carbocycles. The number of thiocarbonyl (C=S) groups is 1. The minimum Gasteiger partial charge on any atom is -0.0794 e. The van der Waals surface area contributed by atoms with Crippen LogP contribution in [-0.2, 0) is 0 Å². The second-order valence-electron chi connectivity index (χ2n) is 3.45. The van der Waals surface area contributed by atoms with Gasteiger partial charge < -0.3 is 0 Å². The van der Waals surface area contributed by atoms with Crippen molar-refractivity contribution in [3.63, 3.8) is 0 Å². The van der Waals surface area contributed by atoms with Gasteiger partial charge in [0.05, 0.1) is 0 Å². The Labute approximate surface area is 87.6 Å². The van der Waals surface area contributed by atoms with E-state index in [1.807, 2.05) is 6.08 Å². The summed E-state index contributed by atoms with van der Waals surface area (Å²) in [6, 6.07) is 6.32. The molecule has 0 atom stereocenters. The zero-order chi connectivity index (χ0) is 9.54. The van der Waals surface area contributed by atoms with Gasteiger partial charge >= 0.3 is 0 Å². The molecule has 0 saturated heterocycles. The first-order valence-corrected chi connectivity index (χ1v) is 5.01. The van der Waals surface area contributed by atoms with Crippen LogP contribution in [-0.4, -0.2) is 4.86 Å². The van der Waals surface area contributed by atoms with E-state index in [9.17, 15) is 0 Å². The Kier molecular flexibility index (Phi) is 1.55. The third kappa shape index (κ3) is 0.962. The predicted molar refractivity (Wildman–Crippen MR) is 64.3 cm³/mol. The van der Waals surface area contributed by atoms with Gasteiger partial charge in [-0.2, -0.15) is 0 Å². The molecule has 0 fully saturated rings. The molecule has 0 radical (unpaired) electrons. The van der Waals surface area contributed by atoms with Gasteiger partial charge in [0.2, 0.25) is 0 Å². The van der Waals surface area contributed by atoms with Gasteiger partial charge in [-0.25, -0.2) is 0 Å². The highest BCUT2D eigenvalue weighted by molar-refractivity contribution is 7.82. The number of rotatable bonds is 0. The summed E-state index contributed by atoms with van der Waals surface area (Å²) < 4.78 is 0. The first-order chi connectivity index (χ1) is 6.86. The van der Waals surface area contributed by atoms with Crippen LogP contribution >= 0.6 is 12.2 Å². The third-order valence-electron chi connectivity index (χ3n) is 2.60. The molecule has 2 aliphatic rings. The number of allylic oxidation sites excluding steroid dienone is 3. The maximum atomic E-state index is 5.33. The lowest BCUT2D eigenvalue weighted by molar-refractivity contribution is 1.50. The van der Waals surface area contributed by atoms with Crippen LogP contribution in [0.5, 0.6) is 0 Å². The van der Waals surface area contributed by atoms with Crippen molar-refractivity contribution in [2.45, 2.75) is 0 Å². The predicted octanol–water partition coefficient (Wildman–Crippen LogP) is 1.58. The first-order valence-electron chi connectivity index (χ1n) is 4.60. The van der Waals surface area contributed by atoms with Crippen molar-refractivity contribution in [1.29, 1.82) is 0 Å². The molecule has 1 aromatic carbocycles. The van der Waals surface area contributed by atoms with Crippen LogP contribution in [0.25, 0.3) is 17.7 Å². The monoisotopic (exact) mass is 196 g/mol. The van der Waals surface area contributed by atoms with Gasteiger partial charge in [0.1, 0.15) is 0 Å². The van der Waals surface area contributed by atoms with Crippen molar-refractivity contribution in [1.82, 2.24) is 0 Å². The van der Waals surface area contributed by atoms with E-state index in [1.165, 1.54) is 21.6 Å². The normalized spacial score (nSPS) is 16.6. The number of benzene rings is 1. The summed E-state index contributed by atoms with van der Waals surface area (Å²) in [4.78, 5) is 0.951. The number of hydrogen-bond donors (Lipinski definition) is 0. The van der Waals surface area contributed by atoms with Gasteiger partial charge in [-0.3, -0.25) is 0 Å². The van der Waals surface area contributed by atoms with E-state index >= 15 is 0 Å². The van der Waals surface area contributed by atoms with Gasteiger partial charge in [-0.1, -0.05) is 54.7 Å². The molecule has 0 aromatic heterocycles. The fourth-order valence-electron chi connectivity index (χ4n) is 1.98. The van der Waals surface area contributed by atoms with E-state index in [0.29, 0.717) is 0 Å². The molecule has 0 heterocycles. The lowest BCUT2D eigenvalue weighted by Crippen LogP contribution is -2.25. The molecule has 2 aliphatic carbocycles. The van der Waals surface area contributed by atoms with Gasteiger partial charge in [0, 0.05) is 10.4 Å². The summed E-state index contributed by atoms with van der Waals surface area (Å²) in [6.45, 7) is 0. The maximum Gasteiger partial charge on any atom is 0.0462 e.